The maximum absolute atomic E-state index is 12.9. The number of fused-ring (bicyclic) bond motifs is 1. The molecule has 1 aliphatic rings. The van der Waals surface area contributed by atoms with E-state index in [0.717, 1.165) is 35.6 Å². The lowest BCUT2D eigenvalue weighted by atomic mass is 10.0. The Balaban J connectivity index is 1.50. The average Bonchev–Trinajstić information content (AvgIpc) is 3.16. The van der Waals surface area contributed by atoms with Crippen LogP contribution in [0.5, 0.6) is 0 Å². The molecule has 8 nitrogen and oxygen atoms in total. The molecular weight excluding hydrogens is 472 g/mol. The van der Waals surface area contributed by atoms with Gasteiger partial charge in [-0.3, -0.25) is 19.2 Å². The Bertz CT molecular complexity index is 1330. The van der Waals surface area contributed by atoms with Crippen LogP contribution in [-0.4, -0.2) is 38.2 Å². The molecule has 0 saturated heterocycles. The van der Waals surface area contributed by atoms with Gasteiger partial charge in [-0.1, -0.05) is 24.6 Å². The normalized spacial score (nSPS) is 13.8. The van der Waals surface area contributed by atoms with Crippen LogP contribution >= 0.6 is 11.3 Å². The molecule has 4 rings (SSSR count). The number of benzene rings is 2. The van der Waals surface area contributed by atoms with Crippen LogP contribution in [0.3, 0.4) is 0 Å². The molecule has 178 valence electrons. The smallest absolute Gasteiger partial charge is 0.261 e. The highest BCUT2D eigenvalue weighted by Crippen LogP contribution is 2.37. The zero-order valence-electron chi connectivity index (χ0n) is 18.9. The van der Waals surface area contributed by atoms with Crippen LogP contribution in [0.15, 0.2) is 53.4 Å². The zero-order valence-corrected chi connectivity index (χ0v) is 20.6. The molecule has 0 radical (unpaired) electrons. The van der Waals surface area contributed by atoms with Crippen LogP contribution in [0.4, 0.5) is 10.7 Å². The Labute approximate surface area is 202 Å². The first-order chi connectivity index (χ1) is 16.2. The summed E-state index contributed by atoms with van der Waals surface area (Å²) in [6, 6.07) is 12.6. The van der Waals surface area contributed by atoms with E-state index >= 15 is 0 Å². The van der Waals surface area contributed by atoms with E-state index < -0.39 is 21.8 Å². The van der Waals surface area contributed by atoms with Crippen molar-refractivity contribution in [3.8, 4) is 0 Å². The average molecular weight is 499 g/mol. The second-order valence-electron chi connectivity index (χ2n) is 8.14. The van der Waals surface area contributed by atoms with Gasteiger partial charge >= 0.3 is 0 Å². The molecule has 0 atom stereocenters. The number of anilines is 2. The first-order valence-corrected chi connectivity index (χ1v) is 13.2. The molecule has 4 N–H and O–H groups in total. The van der Waals surface area contributed by atoms with Gasteiger partial charge in [0.05, 0.1) is 10.5 Å². The summed E-state index contributed by atoms with van der Waals surface area (Å²) in [5, 5.41) is 3.27. The molecule has 0 bridgehead atoms. The Morgan fingerprint density at radius 1 is 1.09 bits per heavy atom. The summed E-state index contributed by atoms with van der Waals surface area (Å²) in [4.78, 5) is 28.5. The number of carbonyl (C=O) groups excluding carboxylic acids is 2. The molecule has 1 aromatic heterocycles. The summed E-state index contributed by atoms with van der Waals surface area (Å²) >= 11 is 1.38. The van der Waals surface area contributed by atoms with Crippen LogP contribution in [0.1, 0.15) is 43.6 Å². The predicted octanol–water partition coefficient (Wildman–Crippen LogP) is 3.59. The lowest BCUT2D eigenvalue weighted by Crippen LogP contribution is -2.30. The number of hydrogen-bond donors (Lipinski definition) is 3. The molecule has 0 unspecified atom stereocenters. The first-order valence-electron chi connectivity index (χ1n) is 10.9. The molecule has 2 heterocycles. The number of carbonyl (C=O) groups is 2. The number of rotatable bonds is 7. The minimum atomic E-state index is -3.74. The third kappa shape index (κ3) is 4.98. The molecule has 10 heteroatoms. The summed E-state index contributed by atoms with van der Waals surface area (Å²) in [5.74, 6) is -0.958. The minimum Gasteiger partial charge on any atom is -0.365 e. The third-order valence-electron chi connectivity index (χ3n) is 5.79. The summed E-state index contributed by atoms with van der Waals surface area (Å²) < 4.78 is 27.7. The van der Waals surface area contributed by atoms with Gasteiger partial charge in [0.25, 0.3) is 21.8 Å². The van der Waals surface area contributed by atoms with E-state index in [4.69, 9.17) is 5.73 Å². The number of aryl methyl sites for hydroxylation is 1. The Morgan fingerprint density at radius 3 is 2.38 bits per heavy atom. The maximum Gasteiger partial charge on any atom is 0.261 e. The van der Waals surface area contributed by atoms with E-state index in [1.54, 1.807) is 12.1 Å². The number of sulfonamides is 1. The number of likely N-dealkylation sites (N-methyl/N-ethyl adjacent to an activating group) is 1. The molecule has 0 saturated carbocycles. The first kappa shape index (κ1) is 23.9. The van der Waals surface area contributed by atoms with E-state index in [1.165, 1.54) is 47.7 Å². The van der Waals surface area contributed by atoms with E-state index in [1.807, 2.05) is 6.92 Å². The molecule has 0 aliphatic carbocycles. The second kappa shape index (κ2) is 9.57. The number of amides is 2. The Kier molecular flexibility index (Phi) is 6.74. The Morgan fingerprint density at radius 2 is 1.76 bits per heavy atom. The number of nitrogens with one attached hydrogen (secondary N) is 2. The number of thiophene rings is 1. The molecule has 34 heavy (non-hydrogen) atoms. The van der Waals surface area contributed by atoms with Gasteiger partial charge in [0.2, 0.25) is 0 Å². The van der Waals surface area contributed by atoms with Crippen molar-refractivity contribution in [3.05, 3.63) is 75.7 Å². The van der Waals surface area contributed by atoms with Crippen molar-refractivity contribution in [1.82, 2.24) is 4.90 Å². The summed E-state index contributed by atoms with van der Waals surface area (Å²) in [5.41, 5.74) is 8.56. The molecule has 1 aliphatic heterocycles. The molecule has 0 fully saturated rings. The van der Waals surface area contributed by atoms with E-state index in [2.05, 4.69) is 21.9 Å². The van der Waals surface area contributed by atoms with Crippen LogP contribution in [0.25, 0.3) is 0 Å². The van der Waals surface area contributed by atoms with E-state index in [9.17, 15) is 18.0 Å². The van der Waals surface area contributed by atoms with Crippen molar-refractivity contribution in [3.63, 3.8) is 0 Å². The molecule has 2 aromatic carbocycles. The number of primary amides is 1. The molecule has 0 spiro atoms. The van der Waals surface area contributed by atoms with Gasteiger partial charge in [-0.2, -0.15) is 0 Å². The van der Waals surface area contributed by atoms with Gasteiger partial charge in [-0.05, 0) is 61.9 Å². The molecular formula is C24H26N4O4S2. The van der Waals surface area contributed by atoms with Gasteiger partial charge in [0, 0.05) is 29.2 Å². The number of nitrogens with zero attached hydrogens (tertiary/aromatic N) is 1. The van der Waals surface area contributed by atoms with Gasteiger partial charge in [0.15, 0.2) is 0 Å². The van der Waals surface area contributed by atoms with Crippen molar-refractivity contribution >= 4 is 43.9 Å². The lowest BCUT2D eigenvalue weighted by molar-refractivity contribution is 0.1000. The fourth-order valence-corrected chi connectivity index (χ4v) is 6.22. The standard InChI is InChI=1S/C24H26N4O4S2/c1-3-28-13-12-19-20(14-28)33-24(21(19)22(25)29)26-23(30)16-6-8-17(9-7-16)27-34(31,32)18-10-4-15(2)5-11-18/h4-11,27H,3,12-14H2,1-2H3,(H2,25,29)(H,26,30). The summed E-state index contributed by atoms with van der Waals surface area (Å²) in [7, 11) is -3.74. The van der Waals surface area contributed by atoms with E-state index in [-0.39, 0.29) is 4.90 Å². The second-order valence-corrected chi connectivity index (χ2v) is 10.9. The van der Waals surface area contributed by atoms with Gasteiger partial charge in [0.1, 0.15) is 5.00 Å². The monoisotopic (exact) mass is 498 g/mol. The van der Waals surface area contributed by atoms with Crippen molar-refractivity contribution in [2.75, 3.05) is 23.1 Å². The lowest BCUT2D eigenvalue weighted by Gasteiger charge is -2.25. The largest absolute Gasteiger partial charge is 0.365 e. The topological polar surface area (TPSA) is 122 Å². The zero-order chi connectivity index (χ0) is 24.5. The van der Waals surface area contributed by atoms with Crippen LogP contribution in [0, 0.1) is 6.92 Å². The summed E-state index contributed by atoms with van der Waals surface area (Å²) in [6.45, 7) is 6.44. The summed E-state index contributed by atoms with van der Waals surface area (Å²) in [6.07, 6.45) is 0.712. The predicted molar refractivity (Wildman–Crippen MR) is 134 cm³/mol. The van der Waals surface area contributed by atoms with Gasteiger partial charge < -0.3 is 11.1 Å². The minimum absolute atomic E-state index is 0.155. The van der Waals surface area contributed by atoms with E-state index in [0.29, 0.717) is 28.2 Å². The highest BCUT2D eigenvalue weighted by Gasteiger charge is 2.27. The quantitative estimate of drug-likeness (QED) is 0.460. The van der Waals surface area contributed by atoms with Gasteiger partial charge in [-0.25, -0.2) is 8.42 Å². The molecule has 3 aromatic rings. The Hall–Kier alpha value is -3.21. The van der Waals surface area contributed by atoms with Crippen molar-refractivity contribution in [1.29, 1.82) is 0 Å². The molecule has 2 amide bonds. The third-order valence-corrected chi connectivity index (χ3v) is 8.32. The van der Waals surface area contributed by atoms with Crippen LogP contribution < -0.4 is 15.8 Å². The van der Waals surface area contributed by atoms with Crippen LogP contribution in [0.2, 0.25) is 0 Å². The SMILES string of the molecule is CCN1CCc2c(sc(NC(=O)c3ccc(NS(=O)(=O)c4ccc(C)cc4)cc3)c2C(N)=O)C1. The van der Waals surface area contributed by atoms with Crippen molar-refractivity contribution in [2.24, 2.45) is 5.73 Å². The number of nitrogens with two attached hydrogens (primary N) is 1. The van der Waals surface area contributed by atoms with Crippen LogP contribution in [-0.2, 0) is 23.0 Å². The van der Waals surface area contributed by atoms with Gasteiger partial charge in [-0.15, -0.1) is 11.3 Å². The highest BCUT2D eigenvalue weighted by atomic mass is 32.2. The van der Waals surface area contributed by atoms with Crippen molar-refractivity contribution < 1.29 is 18.0 Å². The highest BCUT2D eigenvalue weighted by molar-refractivity contribution is 7.92. The fraction of sp³-hybridized carbons (Fsp3) is 0.250. The maximum atomic E-state index is 12.9. The number of hydrogen-bond acceptors (Lipinski definition) is 6. The van der Waals surface area contributed by atoms with Crippen molar-refractivity contribution in [2.45, 2.75) is 31.7 Å². The fourth-order valence-electron chi connectivity index (χ4n) is 3.87.